The third kappa shape index (κ3) is 3.50. The van der Waals surface area contributed by atoms with Gasteiger partial charge < -0.3 is 10.4 Å². The summed E-state index contributed by atoms with van der Waals surface area (Å²) in [6.07, 6.45) is 0.205. The first-order valence-corrected chi connectivity index (χ1v) is 7.20. The fourth-order valence-corrected chi connectivity index (χ4v) is 2.83. The molecule has 1 aromatic carbocycles. The number of carbonyl (C=O) groups is 2. The maximum absolute atomic E-state index is 11.9. The van der Waals surface area contributed by atoms with Gasteiger partial charge in [0.15, 0.2) is 0 Å². The lowest BCUT2D eigenvalue weighted by molar-refractivity contribution is -0.115. The van der Waals surface area contributed by atoms with E-state index in [0.717, 1.165) is 5.56 Å². The molecule has 1 heterocycles. The number of carbonyl (C=O) groups excluding carboxylic acids is 1. The third-order valence-electron chi connectivity index (χ3n) is 2.50. The van der Waals surface area contributed by atoms with Crippen LogP contribution in [0.25, 0.3) is 0 Å². The van der Waals surface area contributed by atoms with Crippen LogP contribution in [0.1, 0.15) is 15.9 Å². The van der Waals surface area contributed by atoms with E-state index < -0.39 is 5.97 Å². The normalized spacial score (nSPS) is 10.3. The van der Waals surface area contributed by atoms with E-state index in [9.17, 15) is 9.59 Å². The molecule has 0 spiro atoms. The van der Waals surface area contributed by atoms with Crippen LogP contribution in [0.15, 0.2) is 29.0 Å². The Balaban J connectivity index is 2.17. The van der Waals surface area contributed by atoms with Crippen molar-refractivity contribution in [1.82, 2.24) is 0 Å². The summed E-state index contributed by atoms with van der Waals surface area (Å²) in [5.41, 5.74) is 1.08. The van der Waals surface area contributed by atoms with Gasteiger partial charge in [0.25, 0.3) is 0 Å². The van der Waals surface area contributed by atoms with E-state index in [-0.39, 0.29) is 33.6 Å². The predicted molar refractivity (Wildman–Crippen MR) is 80.1 cm³/mol. The van der Waals surface area contributed by atoms with Gasteiger partial charge >= 0.3 is 5.97 Å². The first-order valence-electron chi connectivity index (χ1n) is 5.50. The van der Waals surface area contributed by atoms with Gasteiger partial charge in [0.05, 0.1) is 27.7 Å². The van der Waals surface area contributed by atoms with E-state index in [4.69, 9.17) is 28.3 Å². The highest BCUT2D eigenvalue weighted by molar-refractivity contribution is 7.08. The molecule has 0 radical (unpaired) electrons. The van der Waals surface area contributed by atoms with Gasteiger partial charge in [-0.3, -0.25) is 4.79 Å². The minimum Gasteiger partial charge on any atom is -0.478 e. The Morgan fingerprint density at radius 1 is 1.25 bits per heavy atom. The molecule has 0 bridgehead atoms. The summed E-state index contributed by atoms with van der Waals surface area (Å²) in [4.78, 5) is 22.7. The first-order chi connectivity index (χ1) is 9.47. The molecule has 1 amide bonds. The van der Waals surface area contributed by atoms with Crippen molar-refractivity contribution in [3.8, 4) is 0 Å². The molecule has 1 aromatic heterocycles. The topological polar surface area (TPSA) is 66.4 Å². The zero-order valence-corrected chi connectivity index (χ0v) is 12.4. The molecule has 0 atom stereocenters. The largest absolute Gasteiger partial charge is 0.478 e. The van der Waals surface area contributed by atoms with Crippen LogP contribution in [0.5, 0.6) is 0 Å². The van der Waals surface area contributed by atoms with Crippen molar-refractivity contribution in [1.29, 1.82) is 0 Å². The third-order valence-corrected chi connectivity index (χ3v) is 3.83. The quantitative estimate of drug-likeness (QED) is 0.892. The van der Waals surface area contributed by atoms with Gasteiger partial charge in [-0.2, -0.15) is 11.3 Å². The van der Waals surface area contributed by atoms with Gasteiger partial charge in [-0.05, 0) is 34.5 Å². The maximum Gasteiger partial charge on any atom is 0.335 e. The van der Waals surface area contributed by atoms with Gasteiger partial charge in [0, 0.05) is 0 Å². The molecular weight excluding hydrogens is 321 g/mol. The summed E-state index contributed by atoms with van der Waals surface area (Å²) in [6.45, 7) is 0. The molecule has 7 heteroatoms. The Hall–Kier alpha value is -1.56. The second-order valence-corrected chi connectivity index (χ2v) is 5.57. The van der Waals surface area contributed by atoms with E-state index in [1.165, 1.54) is 23.5 Å². The van der Waals surface area contributed by atoms with Crippen molar-refractivity contribution in [3.63, 3.8) is 0 Å². The molecule has 0 fully saturated rings. The fraction of sp³-hybridized carbons (Fsp3) is 0.0769. The van der Waals surface area contributed by atoms with E-state index in [2.05, 4.69) is 5.32 Å². The number of amides is 1. The Kier molecular flexibility index (Phi) is 4.65. The van der Waals surface area contributed by atoms with E-state index in [1.807, 2.05) is 16.8 Å². The highest BCUT2D eigenvalue weighted by Crippen LogP contribution is 2.32. The molecule has 0 saturated heterocycles. The summed E-state index contributed by atoms with van der Waals surface area (Å²) >= 11 is 13.4. The van der Waals surface area contributed by atoms with Crippen LogP contribution in [0.3, 0.4) is 0 Å². The molecule has 2 rings (SSSR count). The number of benzene rings is 1. The molecular formula is C13H9Cl2NO3S. The van der Waals surface area contributed by atoms with Crippen LogP contribution >= 0.6 is 34.5 Å². The summed E-state index contributed by atoms with van der Waals surface area (Å²) < 4.78 is 0. The van der Waals surface area contributed by atoms with Gasteiger partial charge in [0.1, 0.15) is 0 Å². The Morgan fingerprint density at radius 2 is 1.90 bits per heavy atom. The second kappa shape index (κ2) is 6.26. The molecule has 4 nitrogen and oxygen atoms in total. The number of nitrogens with one attached hydrogen (secondary N) is 1. The summed E-state index contributed by atoms with van der Waals surface area (Å²) in [6, 6.07) is 4.34. The zero-order chi connectivity index (χ0) is 14.7. The molecule has 104 valence electrons. The highest BCUT2D eigenvalue weighted by atomic mass is 35.5. The molecule has 0 aliphatic heterocycles. The van der Waals surface area contributed by atoms with Crippen molar-refractivity contribution < 1.29 is 14.7 Å². The summed E-state index contributed by atoms with van der Waals surface area (Å²) in [5.74, 6) is -1.40. The lowest BCUT2D eigenvalue weighted by Crippen LogP contribution is -2.15. The van der Waals surface area contributed by atoms with Crippen LogP contribution in [0.4, 0.5) is 5.69 Å². The molecule has 2 N–H and O–H groups in total. The highest BCUT2D eigenvalue weighted by Gasteiger charge is 2.14. The second-order valence-electron chi connectivity index (χ2n) is 3.98. The molecule has 0 aliphatic carbocycles. The molecule has 20 heavy (non-hydrogen) atoms. The number of hydrogen-bond donors (Lipinski definition) is 2. The predicted octanol–water partition coefficient (Wildman–Crippen LogP) is 3.93. The minimum atomic E-state index is -1.13. The van der Waals surface area contributed by atoms with Crippen molar-refractivity contribution >= 4 is 52.1 Å². The number of carboxylic acid groups (broad SMARTS) is 1. The van der Waals surface area contributed by atoms with Crippen LogP contribution in [-0.4, -0.2) is 17.0 Å². The Labute approximate surface area is 128 Å². The van der Waals surface area contributed by atoms with Gasteiger partial charge in [-0.15, -0.1) is 0 Å². The zero-order valence-electron chi connectivity index (χ0n) is 10.0. The van der Waals surface area contributed by atoms with Gasteiger partial charge in [-0.1, -0.05) is 23.2 Å². The fourth-order valence-electron chi connectivity index (χ4n) is 1.58. The molecule has 0 unspecified atom stereocenters. The summed E-state index contributed by atoms with van der Waals surface area (Å²) in [7, 11) is 0. The van der Waals surface area contributed by atoms with Gasteiger partial charge in [-0.25, -0.2) is 4.79 Å². The first kappa shape index (κ1) is 14.8. The lowest BCUT2D eigenvalue weighted by atomic mass is 10.2. The van der Waals surface area contributed by atoms with Crippen molar-refractivity contribution in [2.75, 3.05) is 5.32 Å². The van der Waals surface area contributed by atoms with E-state index >= 15 is 0 Å². The summed E-state index contributed by atoms with van der Waals surface area (Å²) in [5, 5.41) is 15.4. The van der Waals surface area contributed by atoms with Crippen LogP contribution in [0, 0.1) is 0 Å². The Bertz CT molecular complexity index is 633. The number of hydrogen-bond acceptors (Lipinski definition) is 3. The van der Waals surface area contributed by atoms with Crippen LogP contribution < -0.4 is 5.32 Å². The Morgan fingerprint density at radius 3 is 2.40 bits per heavy atom. The average molecular weight is 330 g/mol. The number of rotatable bonds is 4. The van der Waals surface area contributed by atoms with Gasteiger partial charge in [0.2, 0.25) is 5.91 Å². The van der Waals surface area contributed by atoms with Crippen molar-refractivity contribution in [3.05, 3.63) is 50.1 Å². The number of halogens is 2. The SMILES string of the molecule is O=C(Cc1ccsc1)Nc1c(Cl)cc(C(=O)O)cc1Cl. The lowest BCUT2D eigenvalue weighted by Gasteiger charge is -2.10. The number of anilines is 1. The number of carboxylic acids is 1. The minimum absolute atomic E-state index is 0.0316. The van der Waals surface area contributed by atoms with Crippen molar-refractivity contribution in [2.45, 2.75) is 6.42 Å². The standard InChI is InChI=1S/C13H9Cl2NO3S/c14-9-4-8(13(18)19)5-10(15)12(9)16-11(17)3-7-1-2-20-6-7/h1-2,4-6H,3H2,(H,16,17)(H,18,19). The number of aromatic carboxylic acids is 1. The molecule has 0 aliphatic rings. The van der Waals surface area contributed by atoms with E-state index in [0.29, 0.717) is 0 Å². The van der Waals surface area contributed by atoms with Crippen LogP contribution in [0.2, 0.25) is 10.0 Å². The molecule has 2 aromatic rings. The average Bonchev–Trinajstić information content (AvgIpc) is 2.86. The molecule has 0 saturated carbocycles. The number of thiophene rings is 1. The smallest absolute Gasteiger partial charge is 0.335 e. The monoisotopic (exact) mass is 329 g/mol. The maximum atomic E-state index is 11.9. The van der Waals surface area contributed by atoms with E-state index in [1.54, 1.807) is 0 Å². The van der Waals surface area contributed by atoms with Crippen LogP contribution in [-0.2, 0) is 11.2 Å². The van der Waals surface area contributed by atoms with Crippen molar-refractivity contribution in [2.24, 2.45) is 0 Å².